The zero-order valence-corrected chi connectivity index (χ0v) is 10.7. The van der Waals surface area contributed by atoms with Gasteiger partial charge in [-0.15, -0.1) is 0 Å². The first kappa shape index (κ1) is 11.5. The van der Waals surface area contributed by atoms with Crippen LogP contribution in [0.5, 0.6) is 0 Å². The molecule has 3 heteroatoms. The zero-order chi connectivity index (χ0) is 11.9. The van der Waals surface area contributed by atoms with Crippen LogP contribution >= 0.6 is 11.6 Å². The lowest BCUT2D eigenvalue weighted by molar-refractivity contribution is 0.732. The number of fused-ring (bicyclic) bond motifs is 1. The second kappa shape index (κ2) is 4.11. The standard InChI is InChI=1S/C13H17ClN2/c1-8(15)7-11-9(2)16(3)13-10(11)5-4-6-12(13)14/h4-6,8H,7,15H2,1-3H3. The summed E-state index contributed by atoms with van der Waals surface area (Å²) in [5, 5.41) is 2.03. The Labute approximate surface area is 101 Å². The molecule has 2 rings (SSSR count). The zero-order valence-electron chi connectivity index (χ0n) is 9.92. The number of aromatic nitrogens is 1. The molecule has 0 bridgehead atoms. The Kier molecular flexibility index (Phi) is 2.96. The van der Waals surface area contributed by atoms with Crippen LogP contribution in [0.15, 0.2) is 18.2 Å². The number of hydrogen-bond acceptors (Lipinski definition) is 1. The molecule has 0 spiro atoms. The highest BCUT2D eigenvalue weighted by Gasteiger charge is 2.14. The van der Waals surface area contributed by atoms with Crippen LogP contribution < -0.4 is 5.73 Å². The van der Waals surface area contributed by atoms with Crippen molar-refractivity contribution in [3.8, 4) is 0 Å². The van der Waals surface area contributed by atoms with Crippen molar-refractivity contribution in [1.29, 1.82) is 0 Å². The van der Waals surface area contributed by atoms with Crippen LogP contribution in [0.1, 0.15) is 18.2 Å². The number of benzene rings is 1. The average Bonchev–Trinajstić information content (AvgIpc) is 2.44. The van der Waals surface area contributed by atoms with E-state index >= 15 is 0 Å². The van der Waals surface area contributed by atoms with Crippen LogP contribution in [0, 0.1) is 6.92 Å². The highest BCUT2D eigenvalue weighted by Crippen LogP contribution is 2.30. The van der Waals surface area contributed by atoms with E-state index in [1.807, 2.05) is 26.1 Å². The number of aryl methyl sites for hydroxylation is 1. The lowest BCUT2D eigenvalue weighted by atomic mass is 10.0. The molecule has 16 heavy (non-hydrogen) atoms. The lowest BCUT2D eigenvalue weighted by Crippen LogP contribution is -2.18. The molecule has 1 atom stereocenters. The number of halogens is 1. The van der Waals surface area contributed by atoms with E-state index in [0.29, 0.717) is 0 Å². The minimum atomic E-state index is 0.170. The maximum absolute atomic E-state index is 6.23. The van der Waals surface area contributed by atoms with E-state index in [0.717, 1.165) is 17.0 Å². The Hall–Kier alpha value is -0.990. The predicted octanol–water partition coefficient (Wildman–Crippen LogP) is 3.03. The number of rotatable bonds is 2. The van der Waals surface area contributed by atoms with Crippen molar-refractivity contribution in [2.45, 2.75) is 26.3 Å². The molecule has 1 aromatic carbocycles. The molecule has 0 amide bonds. The van der Waals surface area contributed by atoms with Gasteiger partial charge in [0.15, 0.2) is 0 Å². The number of nitrogens with two attached hydrogens (primary N) is 1. The van der Waals surface area contributed by atoms with Gasteiger partial charge in [0.25, 0.3) is 0 Å². The van der Waals surface area contributed by atoms with E-state index in [1.165, 1.54) is 16.6 Å². The third-order valence-electron chi connectivity index (χ3n) is 3.11. The summed E-state index contributed by atoms with van der Waals surface area (Å²) in [6, 6.07) is 6.21. The summed E-state index contributed by atoms with van der Waals surface area (Å²) in [6.45, 7) is 4.15. The van der Waals surface area contributed by atoms with Gasteiger partial charge in [0.1, 0.15) is 0 Å². The summed E-state index contributed by atoms with van der Waals surface area (Å²) in [4.78, 5) is 0. The number of hydrogen-bond donors (Lipinski definition) is 1. The molecule has 0 fully saturated rings. The van der Waals surface area contributed by atoms with Gasteiger partial charge in [0.05, 0.1) is 10.5 Å². The van der Waals surface area contributed by atoms with Crippen LogP contribution in [0.3, 0.4) is 0 Å². The van der Waals surface area contributed by atoms with E-state index in [2.05, 4.69) is 17.6 Å². The minimum absolute atomic E-state index is 0.170. The highest BCUT2D eigenvalue weighted by atomic mass is 35.5. The lowest BCUT2D eigenvalue weighted by Gasteiger charge is -2.05. The van der Waals surface area contributed by atoms with E-state index in [1.54, 1.807) is 0 Å². The summed E-state index contributed by atoms with van der Waals surface area (Å²) in [6.07, 6.45) is 0.892. The summed E-state index contributed by atoms with van der Waals surface area (Å²) in [5.41, 5.74) is 9.56. The van der Waals surface area contributed by atoms with Gasteiger partial charge in [-0.25, -0.2) is 0 Å². The molecule has 0 aliphatic rings. The van der Waals surface area contributed by atoms with Crippen LogP contribution in [0.4, 0.5) is 0 Å². The molecular formula is C13H17ClN2. The van der Waals surface area contributed by atoms with Crippen molar-refractivity contribution in [3.05, 3.63) is 34.5 Å². The fourth-order valence-corrected chi connectivity index (χ4v) is 2.55. The van der Waals surface area contributed by atoms with Gasteiger partial charge in [-0.2, -0.15) is 0 Å². The molecule has 1 heterocycles. The Balaban J connectivity index is 2.74. The molecule has 0 aliphatic carbocycles. The Morgan fingerprint density at radius 3 is 2.75 bits per heavy atom. The molecular weight excluding hydrogens is 220 g/mol. The topological polar surface area (TPSA) is 30.9 Å². The van der Waals surface area contributed by atoms with Crippen molar-refractivity contribution in [2.75, 3.05) is 0 Å². The van der Waals surface area contributed by atoms with Gasteiger partial charge in [0, 0.05) is 24.2 Å². The van der Waals surface area contributed by atoms with Crippen LogP contribution in [0.25, 0.3) is 10.9 Å². The van der Waals surface area contributed by atoms with Crippen LogP contribution in [-0.4, -0.2) is 10.6 Å². The molecule has 1 aromatic heterocycles. The van der Waals surface area contributed by atoms with Crippen molar-refractivity contribution in [2.24, 2.45) is 12.8 Å². The average molecular weight is 237 g/mol. The molecule has 2 aromatic rings. The quantitative estimate of drug-likeness (QED) is 0.854. The Morgan fingerprint density at radius 1 is 1.44 bits per heavy atom. The number of para-hydroxylation sites is 1. The molecule has 86 valence electrons. The first-order valence-electron chi connectivity index (χ1n) is 5.50. The normalized spacial score (nSPS) is 13.3. The van der Waals surface area contributed by atoms with Crippen LogP contribution in [0.2, 0.25) is 5.02 Å². The fraction of sp³-hybridized carbons (Fsp3) is 0.385. The fourth-order valence-electron chi connectivity index (χ4n) is 2.24. The molecule has 0 radical (unpaired) electrons. The predicted molar refractivity (Wildman–Crippen MR) is 70.0 cm³/mol. The molecule has 1 unspecified atom stereocenters. The maximum Gasteiger partial charge on any atom is 0.0672 e. The van der Waals surface area contributed by atoms with Gasteiger partial charge in [-0.3, -0.25) is 0 Å². The van der Waals surface area contributed by atoms with Crippen molar-refractivity contribution in [3.63, 3.8) is 0 Å². The van der Waals surface area contributed by atoms with E-state index in [4.69, 9.17) is 17.3 Å². The SMILES string of the molecule is Cc1c(CC(C)N)c2cccc(Cl)c2n1C. The van der Waals surface area contributed by atoms with Gasteiger partial charge in [0.2, 0.25) is 0 Å². The second-order valence-corrected chi connectivity index (χ2v) is 4.85. The summed E-state index contributed by atoms with van der Waals surface area (Å²) >= 11 is 6.23. The van der Waals surface area contributed by atoms with E-state index < -0.39 is 0 Å². The molecule has 2 nitrogen and oxygen atoms in total. The first-order valence-corrected chi connectivity index (χ1v) is 5.88. The van der Waals surface area contributed by atoms with Gasteiger partial charge in [-0.05, 0) is 31.9 Å². The molecule has 0 aliphatic heterocycles. The third-order valence-corrected chi connectivity index (χ3v) is 3.42. The number of nitrogens with zero attached hydrogens (tertiary/aromatic N) is 1. The van der Waals surface area contributed by atoms with Gasteiger partial charge >= 0.3 is 0 Å². The first-order chi connectivity index (χ1) is 7.52. The van der Waals surface area contributed by atoms with Crippen molar-refractivity contribution < 1.29 is 0 Å². The molecule has 0 saturated carbocycles. The smallest absolute Gasteiger partial charge is 0.0672 e. The summed E-state index contributed by atoms with van der Waals surface area (Å²) in [5.74, 6) is 0. The highest BCUT2D eigenvalue weighted by molar-refractivity contribution is 6.35. The third kappa shape index (κ3) is 1.72. The Morgan fingerprint density at radius 2 is 2.12 bits per heavy atom. The second-order valence-electron chi connectivity index (χ2n) is 4.44. The molecule has 2 N–H and O–H groups in total. The van der Waals surface area contributed by atoms with E-state index in [9.17, 15) is 0 Å². The Bertz CT molecular complexity index is 526. The van der Waals surface area contributed by atoms with Crippen molar-refractivity contribution in [1.82, 2.24) is 4.57 Å². The van der Waals surface area contributed by atoms with Gasteiger partial charge < -0.3 is 10.3 Å². The largest absolute Gasteiger partial charge is 0.346 e. The summed E-state index contributed by atoms with van der Waals surface area (Å²) in [7, 11) is 2.05. The summed E-state index contributed by atoms with van der Waals surface area (Å²) < 4.78 is 2.15. The van der Waals surface area contributed by atoms with E-state index in [-0.39, 0.29) is 6.04 Å². The van der Waals surface area contributed by atoms with Crippen LogP contribution in [-0.2, 0) is 13.5 Å². The van der Waals surface area contributed by atoms with Crippen molar-refractivity contribution >= 4 is 22.5 Å². The monoisotopic (exact) mass is 236 g/mol. The minimum Gasteiger partial charge on any atom is -0.346 e. The molecule has 0 saturated heterocycles. The van der Waals surface area contributed by atoms with Gasteiger partial charge in [-0.1, -0.05) is 23.7 Å². The maximum atomic E-state index is 6.23.